The van der Waals surface area contributed by atoms with Gasteiger partial charge in [-0.3, -0.25) is 4.79 Å². The minimum atomic E-state index is -1.76. The Bertz CT molecular complexity index is 1110. The van der Waals surface area contributed by atoms with Crippen LogP contribution in [-0.2, 0) is 11.2 Å². The second kappa shape index (κ2) is 8.92. The molecule has 3 aromatic rings. The number of amides is 2. The summed E-state index contributed by atoms with van der Waals surface area (Å²) in [5.41, 5.74) is 15.4. The molecule has 2 amide bonds. The summed E-state index contributed by atoms with van der Waals surface area (Å²) in [6, 6.07) is 12.9. The van der Waals surface area contributed by atoms with Gasteiger partial charge in [0, 0.05) is 17.5 Å². The van der Waals surface area contributed by atoms with Gasteiger partial charge in [0.25, 0.3) is 0 Å². The molecule has 0 aliphatic rings. The number of quaternary nitrogens is 1. The van der Waals surface area contributed by atoms with Crippen LogP contribution in [0.4, 0.5) is 22.2 Å². The number of nitrogen functional groups attached to an aromatic ring is 2. The number of aromatic nitrogens is 2. The smallest absolute Gasteiger partial charge is 0.534 e. The Morgan fingerprint density at radius 3 is 2.55 bits per heavy atom. The Morgan fingerprint density at radius 1 is 1.16 bits per heavy atom. The number of carbonyl (C=O) groups is 2. The van der Waals surface area contributed by atoms with Gasteiger partial charge in [0.2, 0.25) is 11.9 Å². The third-order valence-corrected chi connectivity index (χ3v) is 4.78. The maximum atomic E-state index is 12.9. The standard InChI is InChI=1S/C20H23N7O4/c1-12(9-13-5-3-2-4-6-13)27(31,20(29)30)23-11-17(28)24-14-7-8-16-15(10-14)18(21)26-19(22)25-16/h2-8,10,12,23H,9,11H2,1H3,(H,24,28)(H,29,30)(H4,21,22,25,26). The van der Waals surface area contributed by atoms with E-state index in [1.165, 1.54) is 6.92 Å². The summed E-state index contributed by atoms with van der Waals surface area (Å²) in [5, 5.41) is 25.5. The first-order valence-electron chi connectivity index (χ1n) is 9.44. The molecule has 0 aliphatic carbocycles. The summed E-state index contributed by atoms with van der Waals surface area (Å²) in [6.07, 6.45) is -1.41. The van der Waals surface area contributed by atoms with E-state index in [4.69, 9.17) is 11.5 Å². The van der Waals surface area contributed by atoms with E-state index in [1.54, 1.807) is 42.5 Å². The van der Waals surface area contributed by atoms with Crippen LogP contribution in [0, 0.1) is 5.21 Å². The lowest BCUT2D eigenvalue weighted by atomic mass is 10.1. The summed E-state index contributed by atoms with van der Waals surface area (Å²) in [4.78, 5) is 31.9. The van der Waals surface area contributed by atoms with E-state index < -0.39 is 29.3 Å². The second-order valence-electron chi connectivity index (χ2n) is 7.06. The van der Waals surface area contributed by atoms with E-state index in [2.05, 4.69) is 20.7 Å². The Morgan fingerprint density at radius 2 is 1.87 bits per heavy atom. The number of nitrogens with two attached hydrogens (primary N) is 2. The maximum absolute atomic E-state index is 12.9. The lowest BCUT2D eigenvalue weighted by Crippen LogP contribution is -2.63. The van der Waals surface area contributed by atoms with Crippen molar-refractivity contribution in [3.63, 3.8) is 0 Å². The molecule has 0 saturated carbocycles. The molecule has 3 rings (SSSR count). The Labute approximate surface area is 177 Å². The molecule has 2 atom stereocenters. The number of anilines is 3. The number of nitrogens with one attached hydrogen (secondary N) is 2. The minimum absolute atomic E-state index is 0.0360. The fraction of sp³-hybridized carbons (Fsp3) is 0.200. The summed E-state index contributed by atoms with van der Waals surface area (Å²) >= 11 is 0. The van der Waals surface area contributed by atoms with Crippen molar-refractivity contribution in [1.82, 2.24) is 15.4 Å². The van der Waals surface area contributed by atoms with Crippen LogP contribution in [0.3, 0.4) is 0 Å². The molecule has 7 N–H and O–H groups in total. The third kappa shape index (κ3) is 5.04. The van der Waals surface area contributed by atoms with E-state index in [0.29, 0.717) is 16.6 Å². The molecule has 162 valence electrons. The number of benzene rings is 2. The molecular formula is C20H23N7O4. The maximum Gasteiger partial charge on any atom is 0.534 e. The highest BCUT2D eigenvalue weighted by Gasteiger charge is 2.35. The van der Waals surface area contributed by atoms with E-state index in [9.17, 15) is 19.9 Å². The highest BCUT2D eigenvalue weighted by Crippen LogP contribution is 2.22. The predicted octanol–water partition coefficient (Wildman–Crippen LogP) is 1.86. The average Bonchev–Trinajstić information content (AvgIpc) is 2.73. The Hall–Kier alpha value is -3.80. The average molecular weight is 425 g/mol. The SMILES string of the molecule is CC(Cc1ccccc1)[N+]([O-])(NCC(=O)Nc1ccc2nc(N)nc(N)c2c1)C(=O)O. The topological polar surface area (TPSA) is 179 Å². The largest absolute Gasteiger partial charge is 0.601 e. The van der Waals surface area contributed by atoms with Gasteiger partial charge in [-0.1, -0.05) is 30.3 Å². The summed E-state index contributed by atoms with van der Waals surface area (Å²) < 4.78 is -1.76. The van der Waals surface area contributed by atoms with E-state index in [1.807, 2.05) is 6.07 Å². The number of hydroxylamine groups is 2. The van der Waals surface area contributed by atoms with Crippen molar-refractivity contribution in [3.05, 3.63) is 59.3 Å². The number of hydrogen-bond donors (Lipinski definition) is 5. The molecule has 0 radical (unpaired) electrons. The number of hydrogen-bond acceptors (Lipinski definition) is 8. The van der Waals surface area contributed by atoms with Gasteiger partial charge < -0.3 is 27.1 Å². The molecule has 0 fully saturated rings. The predicted molar refractivity (Wildman–Crippen MR) is 116 cm³/mol. The normalized spacial score (nSPS) is 14.0. The van der Waals surface area contributed by atoms with Crippen molar-refractivity contribution in [3.8, 4) is 0 Å². The molecule has 1 aromatic heterocycles. The fourth-order valence-corrected chi connectivity index (χ4v) is 3.14. The van der Waals surface area contributed by atoms with Gasteiger partial charge >= 0.3 is 6.09 Å². The first-order valence-corrected chi connectivity index (χ1v) is 9.44. The zero-order chi connectivity index (χ0) is 22.6. The molecule has 2 unspecified atom stereocenters. The zero-order valence-electron chi connectivity index (χ0n) is 16.8. The molecule has 1 heterocycles. The van der Waals surface area contributed by atoms with E-state index in [0.717, 1.165) is 5.56 Å². The van der Waals surface area contributed by atoms with E-state index in [-0.39, 0.29) is 18.2 Å². The molecule has 0 bridgehead atoms. The highest BCUT2D eigenvalue weighted by molar-refractivity contribution is 5.97. The highest BCUT2D eigenvalue weighted by atomic mass is 16.6. The van der Waals surface area contributed by atoms with Crippen molar-refractivity contribution in [2.24, 2.45) is 0 Å². The minimum Gasteiger partial charge on any atom is -0.601 e. The molecule has 11 heteroatoms. The van der Waals surface area contributed by atoms with Crippen LogP contribution < -0.4 is 22.2 Å². The Kier molecular flexibility index (Phi) is 6.30. The van der Waals surface area contributed by atoms with Crippen LogP contribution >= 0.6 is 0 Å². The van der Waals surface area contributed by atoms with Gasteiger partial charge in [0.05, 0.1) is 5.52 Å². The van der Waals surface area contributed by atoms with Crippen LogP contribution in [0.15, 0.2) is 48.5 Å². The van der Waals surface area contributed by atoms with Crippen LogP contribution in [0.2, 0.25) is 0 Å². The molecule has 0 saturated heterocycles. The number of fused-ring (bicyclic) bond motifs is 1. The lowest BCUT2D eigenvalue weighted by molar-refractivity contribution is -0.875. The number of rotatable bonds is 7. The lowest BCUT2D eigenvalue weighted by Gasteiger charge is -2.40. The van der Waals surface area contributed by atoms with Gasteiger partial charge in [-0.2, -0.15) is 14.5 Å². The van der Waals surface area contributed by atoms with Crippen LogP contribution in [0.25, 0.3) is 10.9 Å². The van der Waals surface area contributed by atoms with Crippen molar-refractivity contribution in [2.75, 3.05) is 23.3 Å². The molecular weight excluding hydrogens is 402 g/mol. The summed E-state index contributed by atoms with van der Waals surface area (Å²) in [5.74, 6) is -0.401. The van der Waals surface area contributed by atoms with Crippen LogP contribution in [0.5, 0.6) is 0 Å². The third-order valence-electron chi connectivity index (χ3n) is 4.78. The Balaban J connectivity index is 1.67. The van der Waals surface area contributed by atoms with Crippen LogP contribution in [-0.4, -0.2) is 44.4 Å². The number of carbonyl (C=O) groups excluding carboxylic acids is 1. The van der Waals surface area contributed by atoms with Gasteiger partial charge in [0.1, 0.15) is 18.4 Å². The van der Waals surface area contributed by atoms with Gasteiger partial charge in [-0.25, -0.2) is 4.98 Å². The van der Waals surface area contributed by atoms with Crippen molar-refractivity contribution < 1.29 is 19.5 Å². The van der Waals surface area contributed by atoms with Gasteiger partial charge in [-0.15, -0.1) is 5.43 Å². The number of nitrogens with zero attached hydrogens (tertiary/aromatic N) is 3. The molecule has 31 heavy (non-hydrogen) atoms. The summed E-state index contributed by atoms with van der Waals surface area (Å²) in [6.45, 7) is 0.998. The van der Waals surface area contributed by atoms with Crippen LogP contribution in [0.1, 0.15) is 12.5 Å². The zero-order valence-corrected chi connectivity index (χ0v) is 16.8. The van der Waals surface area contributed by atoms with Gasteiger partial charge in [0.15, 0.2) is 0 Å². The molecule has 0 spiro atoms. The summed E-state index contributed by atoms with van der Waals surface area (Å²) in [7, 11) is 0. The monoisotopic (exact) mass is 425 g/mol. The first kappa shape index (κ1) is 21.9. The van der Waals surface area contributed by atoms with Gasteiger partial charge in [-0.05, 0) is 30.7 Å². The van der Waals surface area contributed by atoms with Crippen molar-refractivity contribution in [1.29, 1.82) is 0 Å². The van der Waals surface area contributed by atoms with Crippen molar-refractivity contribution >= 4 is 40.4 Å². The van der Waals surface area contributed by atoms with E-state index >= 15 is 0 Å². The second-order valence-corrected chi connectivity index (χ2v) is 7.06. The molecule has 0 aliphatic heterocycles. The quantitative estimate of drug-likeness (QED) is 0.279. The number of carboxylic acid groups (broad SMARTS) is 1. The first-order chi connectivity index (χ1) is 14.7. The van der Waals surface area contributed by atoms with Crippen molar-refractivity contribution in [2.45, 2.75) is 19.4 Å². The fourth-order valence-electron chi connectivity index (χ4n) is 3.14. The molecule has 2 aromatic carbocycles. The molecule has 11 nitrogen and oxygen atoms in total.